The summed E-state index contributed by atoms with van der Waals surface area (Å²) >= 11 is 0. The average molecular weight is 521 g/mol. The van der Waals surface area contributed by atoms with E-state index >= 15 is 0 Å². The molecule has 0 bridgehead atoms. The topological polar surface area (TPSA) is 105 Å². The molecule has 0 radical (unpaired) electrons. The third-order valence-electron chi connectivity index (χ3n) is 6.81. The second-order valence-electron chi connectivity index (χ2n) is 9.56. The first kappa shape index (κ1) is 27.0. The molecule has 38 heavy (non-hydrogen) atoms. The Morgan fingerprint density at radius 3 is 2.42 bits per heavy atom. The fraction of sp³-hybridized carbons (Fsp3) is 0.379. The summed E-state index contributed by atoms with van der Waals surface area (Å²) in [7, 11) is 0. The first-order valence-electron chi connectivity index (χ1n) is 12.9. The Morgan fingerprint density at radius 2 is 1.79 bits per heavy atom. The van der Waals surface area contributed by atoms with E-state index in [0.29, 0.717) is 23.9 Å². The molecule has 0 spiro atoms. The molecule has 0 aliphatic carbocycles. The zero-order valence-corrected chi connectivity index (χ0v) is 21.7. The van der Waals surface area contributed by atoms with Gasteiger partial charge < -0.3 is 20.1 Å². The largest absolute Gasteiger partial charge is 0.485 e. The Hall–Kier alpha value is -4.01. The van der Waals surface area contributed by atoms with E-state index in [2.05, 4.69) is 20.2 Å². The lowest BCUT2D eigenvalue weighted by molar-refractivity contribution is -0.139. The Labute approximate surface area is 221 Å². The second-order valence-corrected chi connectivity index (χ2v) is 9.56. The lowest BCUT2D eigenvalue weighted by atomic mass is 9.93. The van der Waals surface area contributed by atoms with Crippen LogP contribution in [-0.4, -0.2) is 46.1 Å². The third kappa shape index (κ3) is 6.85. The van der Waals surface area contributed by atoms with Gasteiger partial charge in [0.05, 0.1) is 5.69 Å². The van der Waals surface area contributed by atoms with Crippen LogP contribution in [0.15, 0.2) is 54.6 Å². The summed E-state index contributed by atoms with van der Waals surface area (Å²) in [6.07, 6.45) is 2.65. The van der Waals surface area contributed by atoms with Gasteiger partial charge in [0.2, 0.25) is 0 Å². The van der Waals surface area contributed by atoms with E-state index < -0.39 is 17.9 Å². The number of carboxylic acids is 1. The highest BCUT2D eigenvalue weighted by atomic mass is 19.1. The van der Waals surface area contributed by atoms with Crippen LogP contribution in [0.2, 0.25) is 0 Å². The summed E-state index contributed by atoms with van der Waals surface area (Å²) in [4.78, 5) is 36.2. The molecular weight excluding hydrogens is 487 g/mol. The minimum Gasteiger partial charge on any atom is -0.485 e. The molecule has 1 atom stereocenters. The highest BCUT2D eigenvalue weighted by Crippen LogP contribution is 2.28. The molecule has 1 aromatic heterocycles. The number of anilines is 1. The molecule has 9 heteroatoms. The highest BCUT2D eigenvalue weighted by Gasteiger charge is 2.26. The van der Waals surface area contributed by atoms with Gasteiger partial charge in [0.1, 0.15) is 24.3 Å². The fourth-order valence-electron chi connectivity index (χ4n) is 4.64. The summed E-state index contributed by atoms with van der Waals surface area (Å²) < 4.78 is 19.3. The molecule has 1 unspecified atom stereocenters. The lowest BCUT2D eigenvalue weighted by Crippen LogP contribution is -2.41. The summed E-state index contributed by atoms with van der Waals surface area (Å²) in [5.74, 6) is -0.849. The van der Waals surface area contributed by atoms with Crippen molar-refractivity contribution < 1.29 is 23.8 Å². The van der Waals surface area contributed by atoms with Crippen molar-refractivity contribution in [3.8, 4) is 5.75 Å². The average Bonchev–Trinajstić information content (AvgIpc) is 2.92. The van der Waals surface area contributed by atoms with E-state index in [1.165, 1.54) is 12.1 Å². The standard InChI is InChI=1S/C29H33FN4O4/c1-3-24(29(36)37)32-28(35)26-27(38-18-21-7-5-4-6-8-21)19(2)31-25(33-26)17-20-13-15-34(16-14-20)23-11-9-22(30)10-12-23/h4-12,20,24H,3,13-18H2,1-2H3,(H,32,35)(H,36,37). The monoisotopic (exact) mass is 520 g/mol. The number of hydrogen-bond acceptors (Lipinski definition) is 6. The molecule has 0 saturated carbocycles. The van der Waals surface area contributed by atoms with Crippen LogP contribution in [0.3, 0.4) is 0 Å². The number of halogens is 1. The number of carboxylic acid groups (broad SMARTS) is 1. The molecule has 1 aliphatic rings. The first-order valence-corrected chi connectivity index (χ1v) is 12.9. The number of rotatable bonds is 10. The number of carbonyl (C=O) groups excluding carboxylic acids is 1. The fourth-order valence-corrected chi connectivity index (χ4v) is 4.64. The number of ether oxygens (including phenoxy) is 1. The van der Waals surface area contributed by atoms with Crippen LogP contribution in [0.4, 0.5) is 10.1 Å². The predicted molar refractivity (Wildman–Crippen MR) is 142 cm³/mol. The molecule has 1 fully saturated rings. The van der Waals surface area contributed by atoms with Crippen LogP contribution in [0.5, 0.6) is 5.75 Å². The zero-order valence-electron chi connectivity index (χ0n) is 21.7. The lowest BCUT2D eigenvalue weighted by Gasteiger charge is -2.33. The number of hydrogen-bond donors (Lipinski definition) is 2. The van der Waals surface area contributed by atoms with Gasteiger partial charge in [0.15, 0.2) is 11.4 Å². The number of piperidine rings is 1. The maximum Gasteiger partial charge on any atom is 0.326 e. The molecule has 8 nitrogen and oxygen atoms in total. The number of nitrogens with zero attached hydrogens (tertiary/aromatic N) is 3. The predicted octanol–water partition coefficient (Wildman–Crippen LogP) is 4.56. The van der Waals surface area contributed by atoms with Crippen LogP contribution in [0, 0.1) is 18.7 Å². The van der Waals surface area contributed by atoms with Gasteiger partial charge in [-0.15, -0.1) is 0 Å². The van der Waals surface area contributed by atoms with Gasteiger partial charge >= 0.3 is 5.97 Å². The van der Waals surface area contributed by atoms with Crippen molar-refractivity contribution in [2.75, 3.05) is 18.0 Å². The number of benzene rings is 2. The number of aromatic nitrogens is 2. The molecule has 1 aliphatic heterocycles. The van der Waals surface area contributed by atoms with Crippen molar-refractivity contribution in [1.82, 2.24) is 15.3 Å². The van der Waals surface area contributed by atoms with Crippen LogP contribution in [0.25, 0.3) is 0 Å². The van der Waals surface area contributed by atoms with Crippen LogP contribution >= 0.6 is 0 Å². The minimum absolute atomic E-state index is 0.0480. The van der Waals surface area contributed by atoms with Gasteiger partial charge in [0, 0.05) is 25.2 Å². The van der Waals surface area contributed by atoms with Gasteiger partial charge in [0.25, 0.3) is 5.91 Å². The van der Waals surface area contributed by atoms with Crippen molar-refractivity contribution in [1.29, 1.82) is 0 Å². The minimum atomic E-state index is -1.11. The summed E-state index contributed by atoms with van der Waals surface area (Å²) in [5.41, 5.74) is 2.50. The quantitative estimate of drug-likeness (QED) is 0.404. The summed E-state index contributed by atoms with van der Waals surface area (Å²) in [5, 5.41) is 12.0. The Balaban J connectivity index is 1.50. The van der Waals surface area contributed by atoms with E-state index in [0.717, 1.165) is 37.2 Å². The van der Waals surface area contributed by atoms with Gasteiger partial charge in [-0.1, -0.05) is 37.3 Å². The van der Waals surface area contributed by atoms with E-state index in [-0.39, 0.29) is 30.3 Å². The molecule has 2 aromatic carbocycles. The number of amides is 1. The summed E-state index contributed by atoms with van der Waals surface area (Å²) in [6.45, 7) is 5.35. The zero-order chi connectivity index (χ0) is 27.1. The Kier molecular flexibility index (Phi) is 8.89. The van der Waals surface area contributed by atoms with Crippen molar-refractivity contribution in [2.45, 2.75) is 52.2 Å². The maximum atomic E-state index is 13.3. The van der Waals surface area contributed by atoms with Gasteiger partial charge in [-0.05, 0) is 61.9 Å². The van der Waals surface area contributed by atoms with Gasteiger partial charge in [-0.3, -0.25) is 4.79 Å². The third-order valence-corrected chi connectivity index (χ3v) is 6.81. The Morgan fingerprint density at radius 1 is 1.11 bits per heavy atom. The number of aliphatic carboxylic acids is 1. The van der Waals surface area contributed by atoms with Crippen molar-refractivity contribution in [3.63, 3.8) is 0 Å². The van der Waals surface area contributed by atoms with E-state index in [1.54, 1.807) is 26.0 Å². The van der Waals surface area contributed by atoms with Crippen molar-refractivity contribution in [2.24, 2.45) is 5.92 Å². The molecule has 1 amide bonds. The molecule has 1 saturated heterocycles. The Bertz CT molecular complexity index is 1250. The molecule has 200 valence electrons. The second kappa shape index (κ2) is 12.5. The number of carbonyl (C=O) groups is 2. The van der Waals surface area contributed by atoms with Crippen molar-refractivity contribution >= 4 is 17.6 Å². The van der Waals surface area contributed by atoms with Crippen LogP contribution in [-0.2, 0) is 17.8 Å². The van der Waals surface area contributed by atoms with Crippen LogP contribution in [0.1, 0.15) is 53.8 Å². The van der Waals surface area contributed by atoms with E-state index in [1.807, 2.05) is 30.3 Å². The normalized spacial score (nSPS) is 14.7. The molecular formula is C29H33FN4O4. The molecule has 2 heterocycles. The summed E-state index contributed by atoms with van der Waals surface area (Å²) in [6, 6.07) is 15.0. The highest BCUT2D eigenvalue weighted by molar-refractivity contribution is 5.97. The molecule has 2 N–H and O–H groups in total. The van der Waals surface area contributed by atoms with E-state index in [4.69, 9.17) is 4.74 Å². The molecule has 3 aromatic rings. The SMILES string of the molecule is CCC(NC(=O)c1nc(CC2CCN(c3ccc(F)cc3)CC2)nc(C)c1OCc1ccccc1)C(=O)O. The van der Waals surface area contributed by atoms with Gasteiger partial charge in [-0.25, -0.2) is 19.2 Å². The number of nitrogens with one attached hydrogen (secondary N) is 1. The van der Waals surface area contributed by atoms with Crippen molar-refractivity contribution in [3.05, 3.63) is 83.2 Å². The number of aryl methyl sites for hydroxylation is 1. The maximum absolute atomic E-state index is 13.3. The first-order chi connectivity index (χ1) is 18.3. The van der Waals surface area contributed by atoms with E-state index in [9.17, 15) is 19.1 Å². The van der Waals surface area contributed by atoms with Crippen LogP contribution < -0.4 is 15.0 Å². The van der Waals surface area contributed by atoms with Gasteiger partial charge in [-0.2, -0.15) is 0 Å². The smallest absolute Gasteiger partial charge is 0.326 e. The molecule has 4 rings (SSSR count).